The minimum absolute atomic E-state index is 0.100. The third-order valence-electron chi connectivity index (χ3n) is 6.10. The topological polar surface area (TPSA) is 83.0 Å². The number of nitrogens with zero attached hydrogens (tertiary/aromatic N) is 2. The minimum Gasteiger partial charge on any atom is -0.491 e. The molecule has 2 aromatic heterocycles. The smallest absolute Gasteiger partial charge is 0.338 e. The first-order valence-corrected chi connectivity index (χ1v) is 14.2. The Hall–Kier alpha value is -3.69. The number of rotatable bonds is 7. The number of benzene rings is 2. The average Bonchev–Trinajstić information content (AvgIpc) is 3.48. The second-order valence-corrected chi connectivity index (χ2v) is 11.1. The van der Waals surface area contributed by atoms with Gasteiger partial charge in [0.05, 0.1) is 28.5 Å². The van der Waals surface area contributed by atoms with Crippen molar-refractivity contribution < 1.29 is 18.7 Å². The molecule has 5 rings (SSSR count). The van der Waals surface area contributed by atoms with Crippen LogP contribution in [0.4, 0.5) is 0 Å². The second kappa shape index (κ2) is 11.2. The molecule has 200 valence electrons. The summed E-state index contributed by atoms with van der Waals surface area (Å²) in [5.74, 6) is 1.31. The Balaban J connectivity index is 1.67. The summed E-state index contributed by atoms with van der Waals surface area (Å²) in [6.07, 6.45) is 1.61. The monoisotopic (exact) mass is 606 g/mol. The quantitative estimate of drug-likeness (QED) is 0.255. The summed E-state index contributed by atoms with van der Waals surface area (Å²) >= 11 is 4.73. The van der Waals surface area contributed by atoms with Gasteiger partial charge in [0.15, 0.2) is 4.80 Å². The molecule has 0 spiro atoms. The maximum Gasteiger partial charge on any atom is 0.338 e. The SMILES string of the molecule is CCOC(=O)C1=C(C)N=c2s/c(=C\c3ccc(-c4cccc(Br)c4)o3)c(=O)n2[C@@H]1c1ccccc1OC(C)C. The zero-order valence-electron chi connectivity index (χ0n) is 21.9. The van der Waals surface area contributed by atoms with Crippen LogP contribution in [0, 0.1) is 0 Å². The Morgan fingerprint density at radius 2 is 1.97 bits per heavy atom. The summed E-state index contributed by atoms with van der Waals surface area (Å²) in [5.41, 5.74) is 2.14. The standard InChI is InChI=1S/C30H27BrN2O5S/c1-5-36-29(35)26-18(4)32-30-33(27(26)22-11-6-7-12-24(22)37-17(2)3)28(34)25(39-30)16-21-13-14-23(38-21)19-9-8-10-20(31)15-19/h6-17,27H,5H2,1-4H3/b25-16-/t27-/m1/s1. The van der Waals surface area contributed by atoms with Crippen LogP contribution in [0.25, 0.3) is 17.4 Å². The number of carbonyl (C=O) groups is 1. The maximum atomic E-state index is 13.9. The number of allylic oxidation sites excluding steroid dienone is 1. The average molecular weight is 608 g/mol. The fourth-order valence-corrected chi connectivity index (χ4v) is 5.94. The van der Waals surface area contributed by atoms with Gasteiger partial charge in [-0.25, -0.2) is 9.79 Å². The van der Waals surface area contributed by atoms with E-state index in [-0.39, 0.29) is 18.3 Å². The summed E-state index contributed by atoms with van der Waals surface area (Å²) in [6, 6.07) is 18.2. The van der Waals surface area contributed by atoms with Crippen LogP contribution in [0.15, 0.2) is 90.6 Å². The van der Waals surface area contributed by atoms with Crippen molar-refractivity contribution in [2.75, 3.05) is 6.61 Å². The zero-order valence-corrected chi connectivity index (χ0v) is 24.3. The highest BCUT2D eigenvalue weighted by Gasteiger charge is 2.35. The van der Waals surface area contributed by atoms with E-state index in [0.717, 1.165) is 10.0 Å². The molecule has 2 aromatic carbocycles. The van der Waals surface area contributed by atoms with Crippen LogP contribution >= 0.6 is 27.3 Å². The molecule has 0 saturated carbocycles. The number of thiazole rings is 1. The fourth-order valence-electron chi connectivity index (χ4n) is 4.51. The van der Waals surface area contributed by atoms with E-state index in [1.807, 2.05) is 74.5 Å². The van der Waals surface area contributed by atoms with Gasteiger partial charge in [0.2, 0.25) is 0 Å². The van der Waals surface area contributed by atoms with Crippen molar-refractivity contribution in [3.63, 3.8) is 0 Å². The number of esters is 1. The predicted octanol–water partition coefficient (Wildman–Crippen LogP) is 5.61. The molecule has 1 aliphatic rings. The molecule has 0 saturated heterocycles. The van der Waals surface area contributed by atoms with Crippen molar-refractivity contribution in [2.45, 2.75) is 39.8 Å². The van der Waals surface area contributed by atoms with Gasteiger partial charge in [-0.15, -0.1) is 0 Å². The highest BCUT2D eigenvalue weighted by atomic mass is 79.9. The number of halogens is 1. The lowest BCUT2D eigenvalue weighted by Crippen LogP contribution is -2.40. The molecular weight excluding hydrogens is 580 g/mol. The first-order valence-electron chi connectivity index (χ1n) is 12.6. The highest BCUT2D eigenvalue weighted by molar-refractivity contribution is 9.10. The molecule has 9 heteroatoms. The number of carbonyl (C=O) groups excluding carboxylic acids is 1. The Kier molecular flexibility index (Phi) is 7.72. The van der Waals surface area contributed by atoms with Gasteiger partial charge in [0, 0.05) is 21.7 Å². The molecular formula is C30H27BrN2O5S. The van der Waals surface area contributed by atoms with Crippen LogP contribution in [0.2, 0.25) is 0 Å². The number of ether oxygens (including phenoxy) is 2. The summed E-state index contributed by atoms with van der Waals surface area (Å²) < 4.78 is 20.5. The Morgan fingerprint density at radius 1 is 1.18 bits per heavy atom. The van der Waals surface area contributed by atoms with Gasteiger partial charge in [-0.2, -0.15) is 0 Å². The molecule has 1 atom stereocenters. The molecule has 39 heavy (non-hydrogen) atoms. The van der Waals surface area contributed by atoms with E-state index in [0.29, 0.717) is 43.4 Å². The van der Waals surface area contributed by atoms with Crippen LogP contribution in [0.1, 0.15) is 45.1 Å². The second-order valence-electron chi connectivity index (χ2n) is 9.22. The van der Waals surface area contributed by atoms with E-state index in [2.05, 4.69) is 20.9 Å². The number of fused-ring (bicyclic) bond motifs is 1. The number of furan rings is 1. The van der Waals surface area contributed by atoms with Gasteiger partial charge in [0.25, 0.3) is 5.56 Å². The van der Waals surface area contributed by atoms with Crippen molar-refractivity contribution in [2.24, 2.45) is 4.99 Å². The van der Waals surface area contributed by atoms with Crippen LogP contribution in [0.5, 0.6) is 5.75 Å². The molecule has 7 nitrogen and oxygen atoms in total. The van der Waals surface area contributed by atoms with Crippen molar-refractivity contribution in [3.8, 4) is 17.1 Å². The molecule has 4 aromatic rings. The van der Waals surface area contributed by atoms with Gasteiger partial charge in [-0.05, 0) is 58.0 Å². The van der Waals surface area contributed by atoms with Gasteiger partial charge >= 0.3 is 5.97 Å². The Labute approximate surface area is 237 Å². The van der Waals surface area contributed by atoms with Crippen LogP contribution < -0.4 is 19.6 Å². The molecule has 0 bridgehead atoms. The Morgan fingerprint density at radius 3 is 2.72 bits per heavy atom. The van der Waals surface area contributed by atoms with Gasteiger partial charge < -0.3 is 13.9 Å². The minimum atomic E-state index is -0.758. The number of hydrogen-bond acceptors (Lipinski definition) is 7. The molecule has 1 aliphatic heterocycles. The molecule has 0 N–H and O–H groups in total. The third-order valence-corrected chi connectivity index (χ3v) is 7.58. The number of para-hydroxylation sites is 1. The lowest BCUT2D eigenvalue weighted by Gasteiger charge is -2.26. The molecule has 0 radical (unpaired) electrons. The fraction of sp³-hybridized carbons (Fsp3) is 0.233. The summed E-state index contributed by atoms with van der Waals surface area (Å²) in [6.45, 7) is 7.58. The van der Waals surface area contributed by atoms with Crippen LogP contribution in [-0.4, -0.2) is 23.2 Å². The number of aromatic nitrogens is 1. The normalized spacial score (nSPS) is 15.3. The van der Waals surface area contributed by atoms with E-state index in [1.54, 1.807) is 24.5 Å². The lowest BCUT2D eigenvalue weighted by molar-refractivity contribution is -0.139. The molecule has 0 amide bonds. The first kappa shape index (κ1) is 26.9. The zero-order chi connectivity index (χ0) is 27.7. The largest absolute Gasteiger partial charge is 0.491 e. The van der Waals surface area contributed by atoms with Crippen LogP contribution in [-0.2, 0) is 9.53 Å². The third kappa shape index (κ3) is 5.42. The summed E-state index contributed by atoms with van der Waals surface area (Å²) in [4.78, 5) is 32.2. The maximum absolute atomic E-state index is 13.9. The Bertz CT molecular complexity index is 1760. The highest BCUT2D eigenvalue weighted by Crippen LogP contribution is 2.36. The van der Waals surface area contributed by atoms with Gasteiger partial charge in [-0.3, -0.25) is 9.36 Å². The first-order chi connectivity index (χ1) is 18.8. The van der Waals surface area contributed by atoms with Crippen LogP contribution in [0.3, 0.4) is 0 Å². The van der Waals surface area contributed by atoms with Crippen molar-refractivity contribution >= 4 is 39.3 Å². The van der Waals surface area contributed by atoms with Gasteiger partial charge in [0.1, 0.15) is 23.3 Å². The lowest BCUT2D eigenvalue weighted by atomic mass is 9.95. The van der Waals surface area contributed by atoms with E-state index >= 15 is 0 Å². The van der Waals surface area contributed by atoms with Crippen molar-refractivity contribution in [1.29, 1.82) is 0 Å². The van der Waals surface area contributed by atoms with E-state index < -0.39 is 12.0 Å². The molecule has 0 unspecified atom stereocenters. The van der Waals surface area contributed by atoms with Crippen molar-refractivity contribution in [3.05, 3.63) is 107 Å². The van der Waals surface area contributed by atoms with E-state index in [9.17, 15) is 9.59 Å². The predicted molar refractivity (Wildman–Crippen MR) is 154 cm³/mol. The summed E-state index contributed by atoms with van der Waals surface area (Å²) in [7, 11) is 0. The number of hydrogen-bond donors (Lipinski definition) is 0. The molecule has 3 heterocycles. The van der Waals surface area contributed by atoms with E-state index in [1.165, 1.54) is 11.3 Å². The van der Waals surface area contributed by atoms with E-state index in [4.69, 9.17) is 13.9 Å². The van der Waals surface area contributed by atoms with Gasteiger partial charge in [-0.1, -0.05) is 57.6 Å². The molecule has 0 aliphatic carbocycles. The molecule has 0 fully saturated rings. The summed E-state index contributed by atoms with van der Waals surface area (Å²) in [5, 5.41) is 0. The van der Waals surface area contributed by atoms with Crippen molar-refractivity contribution in [1.82, 2.24) is 4.57 Å².